The maximum atomic E-state index is 13.0. The van der Waals surface area contributed by atoms with Crippen LogP contribution in [0.4, 0.5) is 11.4 Å². The number of para-hydroxylation sites is 1. The number of amides is 2. The number of aryl methyl sites for hydroxylation is 1. The summed E-state index contributed by atoms with van der Waals surface area (Å²) in [5, 5.41) is 4.85. The van der Waals surface area contributed by atoms with E-state index in [-0.39, 0.29) is 18.2 Å². The Labute approximate surface area is 179 Å². The van der Waals surface area contributed by atoms with Crippen molar-refractivity contribution < 1.29 is 18.7 Å². The summed E-state index contributed by atoms with van der Waals surface area (Å²) in [7, 11) is 1.57. The number of ether oxygens (including phenoxy) is 1. The number of nitrogens with zero attached hydrogens (tertiary/aromatic N) is 1. The summed E-state index contributed by atoms with van der Waals surface area (Å²) in [6.45, 7) is 2.35. The van der Waals surface area contributed by atoms with Crippen LogP contribution in [0.5, 0.6) is 5.75 Å². The normalized spacial score (nSPS) is 16.3. The molecule has 0 radical (unpaired) electrons. The number of furan rings is 1. The van der Waals surface area contributed by atoms with Crippen LogP contribution in [0.2, 0.25) is 0 Å². The van der Waals surface area contributed by atoms with Gasteiger partial charge < -0.3 is 19.4 Å². The van der Waals surface area contributed by atoms with Gasteiger partial charge in [0.15, 0.2) is 0 Å². The maximum absolute atomic E-state index is 13.0. The third kappa shape index (κ3) is 3.40. The first-order chi connectivity index (χ1) is 15.0. The Hall–Kier alpha value is -3.80. The minimum Gasteiger partial charge on any atom is -0.495 e. The lowest BCUT2D eigenvalue weighted by atomic mass is 10.1. The Balaban J connectivity index is 1.40. The molecule has 1 saturated heterocycles. The van der Waals surface area contributed by atoms with Gasteiger partial charge in [-0.05, 0) is 31.2 Å². The molecule has 1 fully saturated rings. The highest BCUT2D eigenvalue weighted by Gasteiger charge is 2.35. The van der Waals surface area contributed by atoms with Crippen molar-refractivity contribution in [3.8, 4) is 5.75 Å². The van der Waals surface area contributed by atoms with Crippen LogP contribution in [-0.4, -0.2) is 25.5 Å². The number of nitrogens with one attached hydrogen (secondary N) is 1. The second kappa shape index (κ2) is 7.47. The van der Waals surface area contributed by atoms with Crippen molar-refractivity contribution in [2.75, 3.05) is 23.9 Å². The number of carbonyl (C=O) groups is 2. The summed E-state index contributed by atoms with van der Waals surface area (Å²) in [6, 6.07) is 19.2. The van der Waals surface area contributed by atoms with Gasteiger partial charge in [0, 0.05) is 35.5 Å². The van der Waals surface area contributed by atoms with E-state index in [4.69, 9.17) is 9.15 Å². The molecule has 5 rings (SSSR count). The van der Waals surface area contributed by atoms with Crippen LogP contribution in [0.3, 0.4) is 0 Å². The molecular formula is C25H22N2O4. The van der Waals surface area contributed by atoms with E-state index in [1.807, 2.05) is 61.5 Å². The quantitative estimate of drug-likeness (QED) is 0.516. The lowest BCUT2D eigenvalue weighted by Gasteiger charge is -2.17. The summed E-state index contributed by atoms with van der Waals surface area (Å²) in [4.78, 5) is 27.2. The number of fused-ring (bicyclic) bond motifs is 3. The second-order valence-corrected chi connectivity index (χ2v) is 7.88. The molecule has 1 aliphatic rings. The molecule has 2 heterocycles. The van der Waals surface area contributed by atoms with E-state index in [1.54, 1.807) is 18.1 Å². The Kier molecular flexibility index (Phi) is 4.62. The van der Waals surface area contributed by atoms with Gasteiger partial charge in [0.05, 0.1) is 18.7 Å². The molecule has 0 saturated carbocycles. The third-order valence-electron chi connectivity index (χ3n) is 5.80. The minimum atomic E-state index is -0.440. The van der Waals surface area contributed by atoms with Crippen molar-refractivity contribution in [1.82, 2.24) is 0 Å². The number of carbonyl (C=O) groups excluding carboxylic acids is 2. The predicted octanol–water partition coefficient (Wildman–Crippen LogP) is 4.89. The fourth-order valence-corrected chi connectivity index (χ4v) is 4.11. The first kappa shape index (κ1) is 19.2. The average molecular weight is 414 g/mol. The molecule has 1 N–H and O–H groups in total. The van der Waals surface area contributed by atoms with E-state index in [9.17, 15) is 9.59 Å². The van der Waals surface area contributed by atoms with Crippen molar-refractivity contribution in [1.29, 1.82) is 0 Å². The molecular weight excluding hydrogens is 392 g/mol. The van der Waals surface area contributed by atoms with E-state index in [0.29, 0.717) is 23.6 Å². The number of benzene rings is 3. The zero-order chi connectivity index (χ0) is 21.5. The molecule has 1 aromatic heterocycles. The van der Waals surface area contributed by atoms with Gasteiger partial charge >= 0.3 is 0 Å². The van der Waals surface area contributed by atoms with Crippen LogP contribution >= 0.6 is 0 Å². The Morgan fingerprint density at radius 3 is 2.61 bits per heavy atom. The minimum absolute atomic E-state index is 0.0521. The fourth-order valence-electron chi connectivity index (χ4n) is 4.11. The highest BCUT2D eigenvalue weighted by Crippen LogP contribution is 2.37. The third-order valence-corrected chi connectivity index (χ3v) is 5.80. The van der Waals surface area contributed by atoms with E-state index in [0.717, 1.165) is 27.6 Å². The maximum Gasteiger partial charge on any atom is 0.229 e. The molecule has 2 amide bonds. The average Bonchev–Trinajstić information content (AvgIpc) is 3.34. The van der Waals surface area contributed by atoms with Gasteiger partial charge in [-0.15, -0.1) is 0 Å². The molecule has 0 aliphatic carbocycles. The van der Waals surface area contributed by atoms with Crippen molar-refractivity contribution >= 4 is 45.1 Å². The van der Waals surface area contributed by atoms with E-state index >= 15 is 0 Å². The standard InChI is InChI=1S/C25H22N2O4/c1-15-7-9-17(10-8-15)27-14-16(11-24(27)28)25(29)26-20-13-22-19(12-23(20)30-2)18-5-3-4-6-21(18)31-22/h3-10,12-13,16H,11,14H2,1-2H3,(H,26,29)/t16-/m0/s1. The summed E-state index contributed by atoms with van der Waals surface area (Å²) in [5.41, 5.74) is 3.91. The molecule has 0 bridgehead atoms. The van der Waals surface area contributed by atoms with Gasteiger partial charge in [-0.25, -0.2) is 0 Å². The topological polar surface area (TPSA) is 71.8 Å². The monoisotopic (exact) mass is 414 g/mol. The largest absolute Gasteiger partial charge is 0.495 e. The van der Waals surface area contributed by atoms with Crippen molar-refractivity contribution in [3.63, 3.8) is 0 Å². The van der Waals surface area contributed by atoms with Gasteiger partial charge in [-0.2, -0.15) is 0 Å². The van der Waals surface area contributed by atoms with E-state index in [1.165, 1.54) is 0 Å². The number of hydrogen-bond acceptors (Lipinski definition) is 4. The molecule has 0 unspecified atom stereocenters. The van der Waals surface area contributed by atoms with Gasteiger partial charge in [0.1, 0.15) is 16.9 Å². The molecule has 6 nitrogen and oxygen atoms in total. The van der Waals surface area contributed by atoms with Crippen LogP contribution in [-0.2, 0) is 9.59 Å². The molecule has 1 atom stereocenters. The SMILES string of the molecule is COc1cc2c(cc1NC(=O)[C@H]1CC(=O)N(c3ccc(C)cc3)C1)oc1ccccc12. The first-order valence-corrected chi connectivity index (χ1v) is 10.2. The molecule has 6 heteroatoms. The van der Waals surface area contributed by atoms with Gasteiger partial charge in [-0.1, -0.05) is 35.9 Å². The highest BCUT2D eigenvalue weighted by molar-refractivity contribution is 6.09. The Morgan fingerprint density at radius 2 is 1.84 bits per heavy atom. The van der Waals surface area contributed by atoms with E-state index in [2.05, 4.69) is 5.32 Å². The number of anilines is 2. The van der Waals surface area contributed by atoms with Crippen molar-refractivity contribution in [3.05, 3.63) is 66.2 Å². The van der Waals surface area contributed by atoms with Crippen LogP contribution < -0.4 is 15.0 Å². The van der Waals surface area contributed by atoms with E-state index < -0.39 is 5.92 Å². The van der Waals surface area contributed by atoms with Crippen LogP contribution in [0.1, 0.15) is 12.0 Å². The fraction of sp³-hybridized carbons (Fsp3) is 0.200. The number of hydrogen-bond donors (Lipinski definition) is 1. The zero-order valence-corrected chi connectivity index (χ0v) is 17.3. The second-order valence-electron chi connectivity index (χ2n) is 7.88. The van der Waals surface area contributed by atoms with Crippen molar-refractivity contribution in [2.45, 2.75) is 13.3 Å². The number of rotatable bonds is 4. The summed E-state index contributed by atoms with van der Waals surface area (Å²) >= 11 is 0. The molecule has 0 spiro atoms. The Bertz CT molecular complexity index is 1310. The first-order valence-electron chi connectivity index (χ1n) is 10.2. The van der Waals surface area contributed by atoms with Crippen LogP contribution in [0.25, 0.3) is 21.9 Å². The zero-order valence-electron chi connectivity index (χ0n) is 17.3. The van der Waals surface area contributed by atoms with Gasteiger partial charge in [0.2, 0.25) is 11.8 Å². The summed E-state index contributed by atoms with van der Waals surface area (Å²) in [5.74, 6) is -0.155. The highest BCUT2D eigenvalue weighted by atomic mass is 16.5. The molecule has 156 valence electrons. The van der Waals surface area contributed by atoms with Crippen LogP contribution in [0, 0.1) is 12.8 Å². The molecule has 3 aromatic carbocycles. The number of methoxy groups -OCH3 is 1. The Morgan fingerprint density at radius 1 is 1.06 bits per heavy atom. The lowest BCUT2D eigenvalue weighted by molar-refractivity contribution is -0.122. The molecule has 31 heavy (non-hydrogen) atoms. The van der Waals surface area contributed by atoms with Gasteiger partial charge in [0.25, 0.3) is 0 Å². The smallest absolute Gasteiger partial charge is 0.229 e. The van der Waals surface area contributed by atoms with Crippen LogP contribution in [0.15, 0.2) is 65.1 Å². The summed E-state index contributed by atoms with van der Waals surface area (Å²) < 4.78 is 11.5. The van der Waals surface area contributed by atoms with Crippen molar-refractivity contribution in [2.24, 2.45) is 5.92 Å². The van der Waals surface area contributed by atoms with Gasteiger partial charge in [-0.3, -0.25) is 9.59 Å². The predicted molar refractivity (Wildman–Crippen MR) is 121 cm³/mol. The molecule has 4 aromatic rings. The lowest BCUT2D eigenvalue weighted by Crippen LogP contribution is -2.28. The molecule has 1 aliphatic heterocycles. The summed E-state index contributed by atoms with van der Waals surface area (Å²) in [6.07, 6.45) is 0.176.